The van der Waals surface area contributed by atoms with Crippen molar-refractivity contribution in [3.63, 3.8) is 0 Å². The van der Waals surface area contributed by atoms with Crippen molar-refractivity contribution in [3.05, 3.63) is 46.6 Å². The van der Waals surface area contributed by atoms with E-state index in [1.54, 1.807) is 25.1 Å². The van der Waals surface area contributed by atoms with Crippen molar-refractivity contribution in [3.8, 4) is 17.1 Å². The Balaban J connectivity index is 2.10. The van der Waals surface area contributed by atoms with Crippen LogP contribution in [0.1, 0.15) is 5.56 Å². The van der Waals surface area contributed by atoms with Crippen molar-refractivity contribution >= 4 is 29.2 Å². The Bertz CT molecular complexity index is 707. The number of nitrogens with zero attached hydrogens (tertiary/aromatic N) is 3. The van der Waals surface area contributed by atoms with E-state index < -0.39 is 0 Å². The summed E-state index contributed by atoms with van der Waals surface area (Å²) < 4.78 is 7.09. The van der Waals surface area contributed by atoms with Gasteiger partial charge in [-0.1, -0.05) is 17.7 Å². The first-order valence-corrected chi connectivity index (χ1v) is 7.42. The lowest BCUT2D eigenvalue weighted by atomic mass is 10.0. The van der Waals surface area contributed by atoms with Crippen LogP contribution in [0.5, 0.6) is 5.88 Å². The van der Waals surface area contributed by atoms with E-state index in [9.17, 15) is 0 Å². The maximum atomic E-state index is 6.15. The van der Waals surface area contributed by atoms with Crippen LogP contribution in [0.4, 0.5) is 0 Å². The summed E-state index contributed by atoms with van der Waals surface area (Å²) in [5.41, 5.74) is 6.99. The third-order valence-corrected chi connectivity index (χ3v) is 3.99. The zero-order valence-corrected chi connectivity index (χ0v) is 13.1. The molecule has 0 aliphatic carbocycles. The molecular weight excluding hydrogens is 308 g/mol. The molecule has 1 aliphatic heterocycles. The van der Waals surface area contributed by atoms with Crippen LogP contribution < -0.4 is 10.2 Å². The number of rotatable bonds is 3. The number of hydrogen-bond donors (Lipinski definition) is 1. The normalized spacial score (nSPS) is 14.7. The van der Waals surface area contributed by atoms with Crippen LogP contribution in [-0.2, 0) is 0 Å². The number of aromatic nitrogens is 2. The van der Waals surface area contributed by atoms with Crippen LogP contribution in [-0.4, -0.2) is 28.5 Å². The van der Waals surface area contributed by atoms with Crippen molar-refractivity contribution in [1.29, 1.82) is 0 Å². The second kappa shape index (κ2) is 5.93. The van der Waals surface area contributed by atoms with Crippen molar-refractivity contribution in [2.45, 2.75) is 0 Å². The van der Waals surface area contributed by atoms with Gasteiger partial charge in [-0.15, -0.1) is 0 Å². The van der Waals surface area contributed by atoms with Gasteiger partial charge < -0.3 is 10.2 Å². The van der Waals surface area contributed by atoms with Crippen LogP contribution in [0, 0.1) is 0 Å². The Morgan fingerprint density at radius 2 is 2.10 bits per heavy atom. The van der Waals surface area contributed by atoms with Gasteiger partial charge in [-0.25, -0.2) is 9.97 Å². The second-order valence-electron chi connectivity index (χ2n) is 4.38. The first-order chi connectivity index (χ1) is 10.2. The summed E-state index contributed by atoms with van der Waals surface area (Å²) in [7, 11) is 3.54. The summed E-state index contributed by atoms with van der Waals surface area (Å²) in [5.74, 6) is 0.519. The number of hydrazine groups is 1. The predicted molar refractivity (Wildman–Crippen MR) is 85.5 cm³/mol. The lowest BCUT2D eigenvalue weighted by molar-refractivity contribution is 0.397. The van der Waals surface area contributed by atoms with E-state index in [0.29, 0.717) is 10.9 Å². The molecular formula is C14H13ClN4OS. The monoisotopic (exact) mass is 320 g/mol. The number of halogens is 1. The lowest BCUT2D eigenvalue weighted by Gasteiger charge is -2.14. The van der Waals surface area contributed by atoms with E-state index in [1.807, 2.05) is 35.1 Å². The van der Waals surface area contributed by atoms with E-state index in [2.05, 4.69) is 15.4 Å². The third kappa shape index (κ3) is 2.97. The minimum absolute atomic E-state index is 0.519. The topological polar surface area (TPSA) is 50.3 Å². The molecule has 2 aromatic rings. The van der Waals surface area contributed by atoms with Crippen LogP contribution in [0.25, 0.3) is 17.0 Å². The predicted octanol–water partition coefficient (Wildman–Crippen LogP) is 3.20. The summed E-state index contributed by atoms with van der Waals surface area (Å²) in [4.78, 5) is 8.36. The molecule has 0 saturated carbocycles. The van der Waals surface area contributed by atoms with Crippen LogP contribution in [0.2, 0.25) is 5.02 Å². The molecule has 1 N–H and O–H groups in total. The largest absolute Gasteiger partial charge is 0.481 e. The van der Waals surface area contributed by atoms with E-state index in [1.165, 1.54) is 6.33 Å². The molecule has 0 unspecified atom stereocenters. The first kappa shape index (κ1) is 14.2. The Labute approximate surface area is 132 Å². The number of benzene rings is 1. The maximum Gasteiger partial charge on any atom is 0.216 e. The molecule has 0 spiro atoms. The molecule has 108 valence electrons. The minimum Gasteiger partial charge on any atom is -0.481 e. The fourth-order valence-electron chi connectivity index (χ4n) is 2.04. The van der Waals surface area contributed by atoms with Gasteiger partial charge in [0.05, 0.1) is 18.5 Å². The molecule has 21 heavy (non-hydrogen) atoms. The smallest absolute Gasteiger partial charge is 0.216 e. The fourth-order valence-corrected chi connectivity index (χ4v) is 2.81. The summed E-state index contributed by atoms with van der Waals surface area (Å²) >= 11 is 7.73. The third-order valence-electron chi connectivity index (χ3n) is 3.01. The van der Waals surface area contributed by atoms with Crippen molar-refractivity contribution in [2.75, 3.05) is 14.2 Å². The number of hydrogen-bond acceptors (Lipinski definition) is 6. The molecule has 1 aliphatic rings. The molecule has 3 rings (SSSR count). The fraction of sp³-hybridized carbons (Fsp3) is 0.143. The van der Waals surface area contributed by atoms with Gasteiger partial charge in [0.25, 0.3) is 0 Å². The highest BCUT2D eigenvalue weighted by molar-refractivity contribution is 8.00. The maximum absolute atomic E-state index is 6.15. The number of methoxy groups -OCH3 is 1. The zero-order chi connectivity index (χ0) is 14.8. The van der Waals surface area contributed by atoms with Gasteiger partial charge in [0, 0.05) is 34.7 Å². The number of ether oxygens (including phenoxy) is 1. The molecule has 1 aromatic heterocycles. The summed E-state index contributed by atoms with van der Waals surface area (Å²) in [6, 6.07) is 7.53. The van der Waals surface area contributed by atoms with Gasteiger partial charge in [-0.3, -0.25) is 0 Å². The Kier molecular flexibility index (Phi) is 4.01. The van der Waals surface area contributed by atoms with Gasteiger partial charge in [-0.05, 0) is 24.1 Å². The molecule has 0 atom stereocenters. The summed E-state index contributed by atoms with van der Waals surface area (Å²) in [5, 5.41) is 2.71. The highest BCUT2D eigenvalue weighted by atomic mass is 35.5. The highest BCUT2D eigenvalue weighted by Crippen LogP contribution is 2.34. The van der Waals surface area contributed by atoms with E-state index in [0.717, 1.165) is 22.5 Å². The van der Waals surface area contributed by atoms with Crippen molar-refractivity contribution in [2.24, 2.45) is 0 Å². The molecule has 0 saturated heterocycles. The van der Waals surface area contributed by atoms with Crippen molar-refractivity contribution in [1.82, 2.24) is 19.8 Å². The highest BCUT2D eigenvalue weighted by Gasteiger charge is 2.17. The molecule has 0 radical (unpaired) electrons. The minimum atomic E-state index is 0.519. The molecule has 2 heterocycles. The first-order valence-electron chi connectivity index (χ1n) is 6.21. The van der Waals surface area contributed by atoms with Gasteiger partial charge in [-0.2, -0.15) is 4.41 Å². The number of nitrogens with one attached hydrogen (secondary N) is 1. The Morgan fingerprint density at radius 3 is 2.81 bits per heavy atom. The second-order valence-corrected chi connectivity index (χ2v) is 5.81. The standard InChI is InChI=1S/C14H13ClN4OS/c1-19-18-13(7-21-19)10-4-3-9(15)5-11(10)12-6-14(20-2)17-8-16-12/h3-8,18H,1-2H3. The molecule has 7 heteroatoms. The van der Waals surface area contributed by atoms with E-state index in [4.69, 9.17) is 16.3 Å². The van der Waals surface area contributed by atoms with Gasteiger partial charge in [0.2, 0.25) is 5.88 Å². The summed E-state index contributed by atoms with van der Waals surface area (Å²) in [6.07, 6.45) is 1.48. The average molecular weight is 321 g/mol. The molecule has 1 aromatic carbocycles. The van der Waals surface area contributed by atoms with E-state index >= 15 is 0 Å². The Hall–Kier alpha value is -1.76. The molecule has 0 amide bonds. The van der Waals surface area contributed by atoms with Gasteiger partial charge in [0.1, 0.15) is 6.33 Å². The van der Waals surface area contributed by atoms with Gasteiger partial charge in [0.15, 0.2) is 0 Å². The van der Waals surface area contributed by atoms with Crippen LogP contribution in [0.3, 0.4) is 0 Å². The zero-order valence-electron chi connectivity index (χ0n) is 11.5. The van der Waals surface area contributed by atoms with Gasteiger partial charge >= 0.3 is 0 Å². The quantitative estimate of drug-likeness (QED) is 0.876. The SMILES string of the molecule is COc1cc(-c2cc(Cl)ccc2C2=CSN(C)N2)ncn1. The van der Waals surface area contributed by atoms with E-state index in [-0.39, 0.29) is 0 Å². The van der Waals surface area contributed by atoms with Crippen LogP contribution >= 0.6 is 23.5 Å². The lowest BCUT2D eigenvalue weighted by Crippen LogP contribution is -2.21. The molecule has 0 bridgehead atoms. The summed E-state index contributed by atoms with van der Waals surface area (Å²) in [6.45, 7) is 0. The molecule has 0 fully saturated rings. The molecule has 5 nitrogen and oxygen atoms in total. The van der Waals surface area contributed by atoms with Crippen molar-refractivity contribution < 1.29 is 4.74 Å². The average Bonchev–Trinajstić information content (AvgIpc) is 2.93. The Morgan fingerprint density at radius 1 is 1.24 bits per heavy atom. The van der Waals surface area contributed by atoms with Crippen LogP contribution in [0.15, 0.2) is 36.0 Å².